The first kappa shape index (κ1) is 12.9. The number of morpholine rings is 1. The Bertz CT molecular complexity index is 403. The van der Waals surface area contributed by atoms with Gasteiger partial charge in [-0.25, -0.2) is 4.68 Å². The van der Waals surface area contributed by atoms with E-state index >= 15 is 0 Å². The quantitative estimate of drug-likeness (QED) is 0.526. The van der Waals surface area contributed by atoms with Crippen LogP contribution in [0.4, 0.5) is 5.82 Å². The molecule has 1 aliphatic heterocycles. The Morgan fingerprint density at radius 2 is 2.22 bits per heavy atom. The molecule has 1 fully saturated rings. The Morgan fingerprint density at radius 3 is 2.83 bits per heavy atom. The van der Waals surface area contributed by atoms with Crippen molar-refractivity contribution in [3.8, 4) is 0 Å². The van der Waals surface area contributed by atoms with Gasteiger partial charge in [0.2, 0.25) is 0 Å². The molecule has 9 nitrogen and oxygen atoms in total. The van der Waals surface area contributed by atoms with Crippen LogP contribution in [0.2, 0.25) is 0 Å². The Morgan fingerprint density at radius 1 is 1.50 bits per heavy atom. The van der Waals surface area contributed by atoms with Crippen LogP contribution in [-0.4, -0.2) is 68.9 Å². The number of aromatic nitrogens is 3. The zero-order chi connectivity index (χ0) is 13.0. The Labute approximate surface area is 103 Å². The number of hydrogen-bond donors (Lipinski definition) is 1. The first-order valence-corrected chi connectivity index (χ1v) is 5.68. The third-order valence-electron chi connectivity index (χ3n) is 2.68. The molecule has 0 radical (unpaired) electrons. The Kier molecular flexibility index (Phi) is 4.18. The number of hydrogen-bond acceptors (Lipinski definition) is 7. The minimum Gasteiger partial charge on any atom is -0.390 e. The highest BCUT2D eigenvalue weighted by Gasteiger charge is 2.18. The van der Waals surface area contributed by atoms with Gasteiger partial charge in [0, 0.05) is 19.6 Å². The summed E-state index contributed by atoms with van der Waals surface area (Å²) in [5, 5.41) is 27.3. The molecule has 1 aromatic heterocycles. The van der Waals surface area contributed by atoms with Crippen LogP contribution in [-0.2, 0) is 11.3 Å². The second-order valence-corrected chi connectivity index (χ2v) is 4.12. The van der Waals surface area contributed by atoms with Crippen molar-refractivity contribution in [2.45, 2.75) is 12.6 Å². The summed E-state index contributed by atoms with van der Waals surface area (Å²) in [6.45, 7) is 3.60. The lowest BCUT2D eigenvalue weighted by molar-refractivity contribution is -0.389. The van der Waals surface area contributed by atoms with Crippen molar-refractivity contribution in [2.75, 3.05) is 32.8 Å². The minimum absolute atomic E-state index is 0.193. The van der Waals surface area contributed by atoms with Gasteiger partial charge in [-0.15, -0.1) is 0 Å². The molecule has 0 saturated carbocycles. The SMILES string of the molecule is O=[N+]([O-])c1cn(CC(O)CN2CCOCC2)nn1. The summed E-state index contributed by atoms with van der Waals surface area (Å²) in [6, 6.07) is 0. The summed E-state index contributed by atoms with van der Waals surface area (Å²) in [6.07, 6.45) is 0.576. The summed E-state index contributed by atoms with van der Waals surface area (Å²) in [5.74, 6) is -0.312. The number of nitro groups is 1. The van der Waals surface area contributed by atoms with Gasteiger partial charge < -0.3 is 20.0 Å². The molecule has 1 atom stereocenters. The molecule has 0 spiro atoms. The molecule has 1 N–H and O–H groups in total. The van der Waals surface area contributed by atoms with Crippen molar-refractivity contribution in [3.63, 3.8) is 0 Å². The number of aliphatic hydroxyl groups is 1. The van der Waals surface area contributed by atoms with Crippen molar-refractivity contribution in [3.05, 3.63) is 16.3 Å². The maximum Gasteiger partial charge on any atom is 0.410 e. The summed E-state index contributed by atoms with van der Waals surface area (Å²) < 4.78 is 6.48. The molecule has 2 heterocycles. The predicted octanol–water partition coefficient (Wildman–Crippen LogP) is -1.12. The van der Waals surface area contributed by atoms with Crippen molar-refractivity contribution >= 4 is 5.82 Å². The van der Waals surface area contributed by atoms with Gasteiger partial charge in [-0.1, -0.05) is 0 Å². The first-order valence-electron chi connectivity index (χ1n) is 5.68. The van der Waals surface area contributed by atoms with Crippen LogP contribution in [0.1, 0.15) is 0 Å². The van der Waals surface area contributed by atoms with Crippen LogP contribution < -0.4 is 0 Å². The second kappa shape index (κ2) is 5.85. The smallest absolute Gasteiger partial charge is 0.390 e. The number of β-amino-alcohol motifs (C(OH)–C–C–N with tert-alkyl or cyclic N) is 1. The largest absolute Gasteiger partial charge is 0.410 e. The normalized spacial score (nSPS) is 18.7. The van der Waals surface area contributed by atoms with E-state index in [1.807, 2.05) is 0 Å². The molecule has 1 saturated heterocycles. The van der Waals surface area contributed by atoms with Crippen LogP contribution >= 0.6 is 0 Å². The molecule has 0 amide bonds. The van der Waals surface area contributed by atoms with E-state index in [2.05, 4.69) is 15.2 Å². The summed E-state index contributed by atoms with van der Waals surface area (Å²) in [5.41, 5.74) is 0. The van der Waals surface area contributed by atoms with Gasteiger partial charge in [-0.3, -0.25) is 4.90 Å². The van der Waals surface area contributed by atoms with E-state index in [0.717, 1.165) is 13.1 Å². The minimum atomic E-state index is -0.635. The fourth-order valence-corrected chi connectivity index (χ4v) is 1.82. The zero-order valence-corrected chi connectivity index (χ0v) is 9.81. The number of nitrogens with zero attached hydrogens (tertiary/aromatic N) is 5. The van der Waals surface area contributed by atoms with Crippen LogP contribution in [0.15, 0.2) is 6.20 Å². The number of ether oxygens (including phenoxy) is 1. The van der Waals surface area contributed by atoms with Crippen molar-refractivity contribution in [1.29, 1.82) is 0 Å². The lowest BCUT2D eigenvalue weighted by Crippen LogP contribution is -2.42. The number of rotatable bonds is 5. The molecule has 1 unspecified atom stereocenters. The highest BCUT2D eigenvalue weighted by molar-refractivity contribution is 5.08. The molecule has 0 aliphatic carbocycles. The molecule has 18 heavy (non-hydrogen) atoms. The molecule has 1 aromatic rings. The van der Waals surface area contributed by atoms with E-state index in [1.165, 1.54) is 10.9 Å². The average molecular weight is 257 g/mol. The fraction of sp³-hybridized carbons (Fsp3) is 0.778. The monoisotopic (exact) mass is 257 g/mol. The van der Waals surface area contributed by atoms with Gasteiger partial charge in [-0.05, 0) is 4.92 Å². The van der Waals surface area contributed by atoms with E-state index in [0.29, 0.717) is 19.8 Å². The Balaban J connectivity index is 1.82. The van der Waals surface area contributed by atoms with Crippen molar-refractivity contribution < 1.29 is 14.8 Å². The average Bonchev–Trinajstić information content (AvgIpc) is 2.78. The second-order valence-electron chi connectivity index (χ2n) is 4.12. The van der Waals surface area contributed by atoms with Crippen LogP contribution in [0.25, 0.3) is 0 Å². The summed E-state index contributed by atoms with van der Waals surface area (Å²) in [7, 11) is 0. The lowest BCUT2D eigenvalue weighted by Gasteiger charge is -2.28. The van der Waals surface area contributed by atoms with E-state index in [1.54, 1.807) is 0 Å². The molecule has 9 heteroatoms. The zero-order valence-electron chi connectivity index (χ0n) is 9.81. The van der Waals surface area contributed by atoms with Crippen LogP contribution in [0.5, 0.6) is 0 Å². The molecule has 0 aromatic carbocycles. The number of aliphatic hydroxyl groups excluding tert-OH is 1. The molecular formula is C9H15N5O4. The van der Waals surface area contributed by atoms with E-state index < -0.39 is 11.0 Å². The van der Waals surface area contributed by atoms with Crippen LogP contribution in [0, 0.1) is 10.1 Å². The van der Waals surface area contributed by atoms with E-state index in [4.69, 9.17) is 4.74 Å². The summed E-state index contributed by atoms with van der Waals surface area (Å²) in [4.78, 5) is 11.9. The molecule has 100 valence electrons. The maximum absolute atomic E-state index is 10.4. The molecule has 0 bridgehead atoms. The van der Waals surface area contributed by atoms with Gasteiger partial charge >= 0.3 is 5.82 Å². The molecular weight excluding hydrogens is 242 g/mol. The van der Waals surface area contributed by atoms with Gasteiger partial charge in [0.25, 0.3) is 0 Å². The van der Waals surface area contributed by atoms with Gasteiger partial charge in [0.15, 0.2) is 0 Å². The molecule has 1 aliphatic rings. The topological polar surface area (TPSA) is 107 Å². The highest BCUT2D eigenvalue weighted by atomic mass is 16.6. The summed E-state index contributed by atoms with van der Waals surface area (Å²) >= 11 is 0. The predicted molar refractivity (Wildman–Crippen MR) is 59.9 cm³/mol. The van der Waals surface area contributed by atoms with E-state index in [9.17, 15) is 15.2 Å². The third-order valence-corrected chi connectivity index (χ3v) is 2.68. The third kappa shape index (κ3) is 3.45. The van der Waals surface area contributed by atoms with Gasteiger partial charge in [-0.2, -0.15) is 0 Å². The Hall–Kier alpha value is -1.58. The van der Waals surface area contributed by atoms with Crippen molar-refractivity contribution in [1.82, 2.24) is 19.9 Å². The fourth-order valence-electron chi connectivity index (χ4n) is 1.82. The maximum atomic E-state index is 10.4. The van der Waals surface area contributed by atoms with Crippen LogP contribution in [0.3, 0.4) is 0 Å². The standard InChI is InChI=1S/C9H15N5O4/c15-8(5-12-1-3-18-4-2-12)6-13-7-9(10-11-13)14(16)17/h7-8,15H,1-6H2. The van der Waals surface area contributed by atoms with Crippen molar-refractivity contribution in [2.24, 2.45) is 0 Å². The van der Waals surface area contributed by atoms with Gasteiger partial charge in [0.05, 0.1) is 31.1 Å². The van der Waals surface area contributed by atoms with E-state index in [-0.39, 0.29) is 12.4 Å². The first-order chi connectivity index (χ1) is 8.65. The van der Waals surface area contributed by atoms with Gasteiger partial charge in [0.1, 0.15) is 11.3 Å². The highest BCUT2D eigenvalue weighted by Crippen LogP contribution is 2.05. The molecule has 2 rings (SSSR count). The lowest BCUT2D eigenvalue weighted by atomic mass is 10.3.